The van der Waals surface area contributed by atoms with Crippen molar-refractivity contribution in [2.24, 2.45) is 0 Å². The van der Waals surface area contributed by atoms with Crippen LogP contribution < -0.4 is 15.4 Å². The lowest BCUT2D eigenvalue weighted by molar-refractivity contribution is 0.0945. The average Bonchev–Trinajstić information content (AvgIpc) is 2.53. The molecule has 6 heteroatoms. The number of rotatable bonds is 5. The number of nitrogens with one attached hydrogen (secondary N) is 2. The van der Waals surface area contributed by atoms with E-state index in [0.29, 0.717) is 12.4 Å². The molecule has 0 aliphatic carbocycles. The number of nitrogens with zero attached hydrogens (tertiary/aromatic N) is 2. The van der Waals surface area contributed by atoms with Gasteiger partial charge in [-0.25, -0.2) is 4.98 Å². The number of carbonyl (C=O) groups excluding carboxylic acids is 1. The smallest absolute Gasteiger partial charge is 0.271 e. The van der Waals surface area contributed by atoms with Crippen LogP contribution in [0, 0.1) is 0 Å². The average molecular weight is 272 g/mol. The second kappa shape index (κ2) is 6.51. The van der Waals surface area contributed by atoms with Crippen LogP contribution in [0.3, 0.4) is 0 Å². The highest BCUT2D eigenvalue weighted by molar-refractivity contribution is 5.92. The highest BCUT2D eigenvalue weighted by Gasteiger charge is 2.08. The minimum absolute atomic E-state index is 0.259. The molecule has 1 heterocycles. The van der Waals surface area contributed by atoms with Gasteiger partial charge in [0.2, 0.25) is 0 Å². The van der Waals surface area contributed by atoms with Crippen molar-refractivity contribution in [3.05, 3.63) is 47.9 Å². The molecule has 2 aromatic rings. The molecule has 1 aromatic heterocycles. The van der Waals surface area contributed by atoms with Gasteiger partial charge in [-0.05, 0) is 17.7 Å². The Balaban J connectivity index is 1.97. The minimum Gasteiger partial charge on any atom is -0.497 e. The van der Waals surface area contributed by atoms with Crippen LogP contribution in [0.5, 0.6) is 5.75 Å². The van der Waals surface area contributed by atoms with Gasteiger partial charge in [0, 0.05) is 13.6 Å². The fraction of sp³-hybridized carbons (Fsp3) is 0.214. The van der Waals surface area contributed by atoms with Crippen molar-refractivity contribution in [3.8, 4) is 5.75 Å². The molecule has 0 aliphatic heterocycles. The predicted octanol–water partition coefficient (Wildman–Crippen LogP) is 1.46. The Bertz CT molecular complexity index is 584. The van der Waals surface area contributed by atoms with Crippen molar-refractivity contribution in [1.29, 1.82) is 0 Å². The first-order chi connectivity index (χ1) is 9.72. The maximum absolute atomic E-state index is 11.9. The third-order valence-corrected chi connectivity index (χ3v) is 2.74. The summed E-state index contributed by atoms with van der Waals surface area (Å²) in [5.41, 5.74) is 1.27. The first-order valence-electron chi connectivity index (χ1n) is 6.14. The number of carbonyl (C=O) groups is 1. The molecule has 0 saturated carbocycles. The normalized spacial score (nSPS) is 9.90. The second-order valence-electron chi connectivity index (χ2n) is 4.07. The monoisotopic (exact) mass is 272 g/mol. The van der Waals surface area contributed by atoms with Gasteiger partial charge in [-0.1, -0.05) is 12.1 Å². The van der Waals surface area contributed by atoms with Crippen molar-refractivity contribution >= 4 is 11.7 Å². The van der Waals surface area contributed by atoms with E-state index in [1.165, 1.54) is 6.20 Å². The summed E-state index contributed by atoms with van der Waals surface area (Å²) in [7, 11) is 3.34. The molecular weight excluding hydrogens is 256 g/mol. The summed E-state index contributed by atoms with van der Waals surface area (Å²) in [4.78, 5) is 20.0. The number of anilines is 1. The standard InChI is InChI=1S/C14H16N4O2/c1-15-13-9-16-8-12(18-13)14(19)17-7-10-3-5-11(20-2)6-4-10/h3-6,8-9H,7H2,1-2H3,(H,15,18)(H,17,19). The zero-order valence-electron chi connectivity index (χ0n) is 11.4. The van der Waals surface area contributed by atoms with Gasteiger partial charge in [-0.3, -0.25) is 9.78 Å². The Morgan fingerprint density at radius 2 is 2.00 bits per heavy atom. The van der Waals surface area contributed by atoms with Crippen LogP contribution >= 0.6 is 0 Å². The Hall–Kier alpha value is -2.63. The topological polar surface area (TPSA) is 76.1 Å². The molecular formula is C14H16N4O2. The first kappa shape index (κ1) is 13.8. The van der Waals surface area contributed by atoms with E-state index >= 15 is 0 Å². The van der Waals surface area contributed by atoms with Crippen molar-refractivity contribution in [2.75, 3.05) is 19.5 Å². The molecule has 0 unspecified atom stereocenters. The fourth-order valence-corrected chi connectivity index (χ4v) is 1.61. The summed E-state index contributed by atoms with van der Waals surface area (Å²) in [6, 6.07) is 7.50. The van der Waals surface area contributed by atoms with Crippen LogP contribution in [0.25, 0.3) is 0 Å². The van der Waals surface area contributed by atoms with Gasteiger partial charge in [-0.15, -0.1) is 0 Å². The summed E-state index contributed by atoms with van der Waals surface area (Å²) < 4.78 is 5.08. The van der Waals surface area contributed by atoms with Crippen LogP contribution in [0.1, 0.15) is 16.1 Å². The van der Waals surface area contributed by atoms with Crippen molar-refractivity contribution in [3.63, 3.8) is 0 Å². The zero-order chi connectivity index (χ0) is 14.4. The van der Waals surface area contributed by atoms with E-state index in [4.69, 9.17) is 4.74 Å². The Morgan fingerprint density at radius 1 is 1.25 bits per heavy atom. The van der Waals surface area contributed by atoms with E-state index in [9.17, 15) is 4.79 Å². The molecule has 0 aliphatic rings. The van der Waals surface area contributed by atoms with Crippen molar-refractivity contribution < 1.29 is 9.53 Å². The number of aromatic nitrogens is 2. The Labute approximate surface area is 117 Å². The third-order valence-electron chi connectivity index (χ3n) is 2.74. The van der Waals surface area contributed by atoms with Crippen LogP contribution in [0.15, 0.2) is 36.7 Å². The van der Waals surface area contributed by atoms with Gasteiger partial charge < -0.3 is 15.4 Å². The summed E-state index contributed by atoms with van der Waals surface area (Å²) in [5.74, 6) is 1.08. The number of benzene rings is 1. The molecule has 0 spiro atoms. The van der Waals surface area contributed by atoms with Gasteiger partial charge in [0.05, 0.1) is 19.5 Å². The van der Waals surface area contributed by atoms with Crippen molar-refractivity contribution in [1.82, 2.24) is 15.3 Å². The maximum Gasteiger partial charge on any atom is 0.271 e. The van der Waals surface area contributed by atoms with Gasteiger partial charge in [0.25, 0.3) is 5.91 Å². The number of amides is 1. The zero-order valence-corrected chi connectivity index (χ0v) is 11.4. The Morgan fingerprint density at radius 3 is 2.65 bits per heavy atom. The van der Waals surface area contributed by atoms with Crippen LogP contribution in [0.2, 0.25) is 0 Å². The minimum atomic E-state index is -0.259. The maximum atomic E-state index is 11.9. The molecule has 0 saturated heterocycles. The quantitative estimate of drug-likeness (QED) is 0.861. The molecule has 20 heavy (non-hydrogen) atoms. The molecule has 1 amide bonds. The highest BCUT2D eigenvalue weighted by atomic mass is 16.5. The van der Waals surface area contributed by atoms with Gasteiger partial charge in [0.1, 0.15) is 17.3 Å². The van der Waals surface area contributed by atoms with Gasteiger partial charge in [0.15, 0.2) is 0 Å². The number of methoxy groups -OCH3 is 1. The lowest BCUT2D eigenvalue weighted by Gasteiger charge is -2.06. The van der Waals surface area contributed by atoms with E-state index in [2.05, 4.69) is 20.6 Å². The van der Waals surface area contributed by atoms with E-state index in [1.54, 1.807) is 20.4 Å². The van der Waals surface area contributed by atoms with Crippen LogP contribution in [0.4, 0.5) is 5.82 Å². The van der Waals surface area contributed by atoms with E-state index < -0.39 is 0 Å². The summed E-state index contributed by atoms with van der Waals surface area (Å²) >= 11 is 0. The summed E-state index contributed by atoms with van der Waals surface area (Å²) in [6.45, 7) is 0.425. The van der Waals surface area contributed by atoms with E-state index in [1.807, 2.05) is 24.3 Å². The van der Waals surface area contributed by atoms with Gasteiger partial charge in [-0.2, -0.15) is 0 Å². The summed E-state index contributed by atoms with van der Waals surface area (Å²) in [6.07, 6.45) is 2.99. The largest absolute Gasteiger partial charge is 0.497 e. The van der Waals surface area contributed by atoms with E-state index in [0.717, 1.165) is 11.3 Å². The number of hydrogen-bond donors (Lipinski definition) is 2. The molecule has 1 aromatic carbocycles. The molecule has 6 nitrogen and oxygen atoms in total. The fourth-order valence-electron chi connectivity index (χ4n) is 1.61. The van der Waals surface area contributed by atoms with Crippen LogP contribution in [-0.4, -0.2) is 30.0 Å². The highest BCUT2D eigenvalue weighted by Crippen LogP contribution is 2.11. The molecule has 0 bridgehead atoms. The molecule has 104 valence electrons. The van der Waals surface area contributed by atoms with Crippen molar-refractivity contribution in [2.45, 2.75) is 6.54 Å². The molecule has 2 N–H and O–H groups in total. The van der Waals surface area contributed by atoms with E-state index in [-0.39, 0.29) is 11.6 Å². The lowest BCUT2D eigenvalue weighted by Crippen LogP contribution is -2.24. The van der Waals surface area contributed by atoms with Crippen LogP contribution in [-0.2, 0) is 6.54 Å². The molecule has 2 rings (SSSR count). The Kier molecular flexibility index (Phi) is 4.49. The number of hydrogen-bond acceptors (Lipinski definition) is 5. The lowest BCUT2D eigenvalue weighted by atomic mass is 10.2. The molecule has 0 atom stereocenters. The number of ether oxygens (including phenoxy) is 1. The first-order valence-corrected chi connectivity index (χ1v) is 6.14. The molecule has 0 fully saturated rings. The third kappa shape index (κ3) is 3.44. The molecule has 0 radical (unpaired) electrons. The van der Waals surface area contributed by atoms with Gasteiger partial charge >= 0.3 is 0 Å². The summed E-state index contributed by atoms with van der Waals surface area (Å²) in [5, 5.41) is 5.64. The second-order valence-corrected chi connectivity index (χ2v) is 4.07. The predicted molar refractivity (Wildman–Crippen MR) is 75.7 cm³/mol. The SMILES string of the molecule is CNc1cncc(C(=O)NCc2ccc(OC)cc2)n1.